The van der Waals surface area contributed by atoms with E-state index in [4.69, 9.17) is 10.2 Å². The first kappa shape index (κ1) is 27.1. The average molecular weight is 535 g/mol. The van der Waals surface area contributed by atoms with Crippen molar-refractivity contribution >= 4 is 0 Å². The molecule has 0 amide bonds. The maximum Gasteiger partial charge on any atom is 0.0960 e. The van der Waals surface area contributed by atoms with Gasteiger partial charge in [0.15, 0.2) is 0 Å². The van der Waals surface area contributed by atoms with Gasteiger partial charge in [-0.05, 0) is 49.4 Å². The number of hydrogen-bond acceptors (Lipinski definition) is 2. The number of aromatic nitrogens is 4. The highest BCUT2D eigenvalue weighted by Crippen LogP contribution is 2.48. The lowest BCUT2D eigenvalue weighted by atomic mass is 9.75. The highest BCUT2D eigenvalue weighted by Gasteiger charge is 2.36. The standard InChI is InChI=1S/C36H46N4/c1-23(2)29-19-17-25(5)31-33(27-13-9-7-10-14-27)37-39(35(29)31)21-22-40-36-30(24(3)4)20-18-26(6)32(36)34(38-40)28-15-11-8-12-16-28/h7-16,23-26,29-30H,17-22H2,1-6H3/t25-,26-,29+,30+/m1/s1. The molecule has 0 radical (unpaired) electrons. The molecule has 4 atom stereocenters. The number of rotatable bonds is 7. The van der Waals surface area contributed by atoms with Crippen LogP contribution in [0.3, 0.4) is 0 Å². The van der Waals surface area contributed by atoms with Crippen molar-refractivity contribution in [3.8, 4) is 22.5 Å². The quantitative estimate of drug-likeness (QED) is 0.237. The number of benzene rings is 2. The summed E-state index contributed by atoms with van der Waals surface area (Å²) in [6, 6.07) is 21.7. The topological polar surface area (TPSA) is 35.6 Å². The molecule has 0 N–H and O–H groups in total. The number of nitrogens with zero attached hydrogens (tertiary/aromatic N) is 4. The zero-order chi connectivity index (χ0) is 28.0. The first-order valence-corrected chi connectivity index (χ1v) is 15.7. The van der Waals surface area contributed by atoms with Gasteiger partial charge in [-0.25, -0.2) is 0 Å². The van der Waals surface area contributed by atoms with Crippen LogP contribution in [0.2, 0.25) is 0 Å². The van der Waals surface area contributed by atoms with Crippen LogP contribution in [0.25, 0.3) is 22.5 Å². The van der Waals surface area contributed by atoms with Gasteiger partial charge in [-0.1, -0.05) is 102 Å². The van der Waals surface area contributed by atoms with Gasteiger partial charge in [0.1, 0.15) is 0 Å². The van der Waals surface area contributed by atoms with E-state index >= 15 is 0 Å². The third-order valence-electron chi connectivity index (χ3n) is 9.80. The van der Waals surface area contributed by atoms with Crippen LogP contribution < -0.4 is 0 Å². The van der Waals surface area contributed by atoms with E-state index in [-0.39, 0.29) is 0 Å². The van der Waals surface area contributed by atoms with Crippen molar-refractivity contribution in [2.24, 2.45) is 11.8 Å². The Morgan fingerprint density at radius 3 is 1.32 bits per heavy atom. The zero-order valence-electron chi connectivity index (χ0n) is 25.3. The van der Waals surface area contributed by atoms with Crippen molar-refractivity contribution in [1.82, 2.24) is 19.6 Å². The normalized spacial score (nSPS) is 22.5. The van der Waals surface area contributed by atoms with Gasteiger partial charge in [0.2, 0.25) is 0 Å². The molecule has 4 nitrogen and oxygen atoms in total. The van der Waals surface area contributed by atoms with Gasteiger partial charge in [0, 0.05) is 45.5 Å². The van der Waals surface area contributed by atoms with Gasteiger partial charge in [-0.3, -0.25) is 9.36 Å². The highest BCUT2D eigenvalue weighted by atomic mass is 15.3. The minimum atomic E-state index is 0.530. The predicted octanol–water partition coefficient (Wildman–Crippen LogP) is 9.39. The molecule has 0 spiro atoms. The second-order valence-corrected chi connectivity index (χ2v) is 13.1. The van der Waals surface area contributed by atoms with E-state index in [2.05, 4.69) is 112 Å². The van der Waals surface area contributed by atoms with Crippen molar-refractivity contribution in [2.45, 2.75) is 104 Å². The maximum atomic E-state index is 5.38. The molecule has 2 heterocycles. The van der Waals surface area contributed by atoms with Crippen LogP contribution in [-0.2, 0) is 13.1 Å². The van der Waals surface area contributed by atoms with Crippen LogP contribution in [0.15, 0.2) is 60.7 Å². The Balaban J connectivity index is 1.45. The van der Waals surface area contributed by atoms with E-state index in [9.17, 15) is 0 Å². The van der Waals surface area contributed by atoms with E-state index in [0.29, 0.717) is 35.5 Å². The van der Waals surface area contributed by atoms with Gasteiger partial charge in [0.25, 0.3) is 0 Å². The molecule has 2 aromatic carbocycles. The zero-order valence-corrected chi connectivity index (χ0v) is 25.3. The summed E-state index contributed by atoms with van der Waals surface area (Å²) >= 11 is 0. The summed E-state index contributed by atoms with van der Waals surface area (Å²) in [5, 5.41) is 10.8. The van der Waals surface area contributed by atoms with Gasteiger partial charge in [-0.15, -0.1) is 0 Å². The second-order valence-electron chi connectivity index (χ2n) is 13.1. The SMILES string of the molecule is CC(C)[C@@H]1CC[C@@H](C)c2c(-c3ccccc3)nn(CCn3nc(-c4ccccc4)c4c3[C@H](C(C)C)CC[C@H]4C)c21. The lowest BCUT2D eigenvalue weighted by Gasteiger charge is -2.32. The molecule has 0 unspecified atom stereocenters. The molecule has 0 aliphatic heterocycles. The van der Waals surface area contributed by atoms with Crippen LogP contribution in [0, 0.1) is 11.8 Å². The Labute approximate surface area is 240 Å². The molecule has 2 aromatic heterocycles. The number of hydrogen-bond donors (Lipinski definition) is 0. The van der Waals surface area contributed by atoms with Gasteiger partial charge in [0.05, 0.1) is 24.5 Å². The third kappa shape index (κ3) is 4.74. The Kier molecular flexibility index (Phi) is 7.46. The lowest BCUT2D eigenvalue weighted by molar-refractivity contribution is 0.357. The smallest absolute Gasteiger partial charge is 0.0960 e. The maximum absolute atomic E-state index is 5.38. The molecule has 2 aliphatic carbocycles. The van der Waals surface area contributed by atoms with Crippen molar-refractivity contribution in [3.63, 3.8) is 0 Å². The Morgan fingerprint density at radius 2 is 0.975 bits per heavy atom. The second kappa shape index (κ2) is 11.0. The summed E-state index contributed by atoms with van der Waals surface area (Å²) in [4.78, 5) is 0. The van der Waals surface area contributed by atoms with E-state index in [1.165, 1.54) is 70.7 Å². The minimum absolute atomic E-state index is 0.530. The van der Waals surface area contributed by atoms with Crippen molar-refractivity contribution < 1.29 is 0 Å². The predicted molar refractivity (Wildman–Crippen MR) is 166 cm³/mol. The minimum Gasteiger partial charge on any atom is -0.267 e. The third-order valence-corrected chi connectivity index (χ3v) is 9.80. The van der Waals surface area contributed by atoms with Gasteiger partial charge < -0.3 is 0 Å². The Morgan fingerprint density at radius 1 is 0.600 bits per heavy atom. The van der Waals surface area contributed by atoms with E-state index in [0.717, 1.165) is 13.1 Å². The summed E-state index contributed by atoms with van der Waals surface area (Å²) in [6.07, 6.45) is 4.97. The summed E-state index contributed by atoms with van der Waals surface area (Å²) in [6.45, 7) is 16.0. The Bertz CT molecular complexity index is 1330. The monoisotopic (exact) mass is 534 g/mol. The molecular formula is C36H46N4. The summed E-state index contributed by atoms with van der Waals surface area (Å²) in [5.74, 6) is 3.35. The van der Waals surface area contributed by atoms with Crippen molar-refractivity contribution in [3.05, 3.63) is 83.2 Å². The molecular weight excluding hydrogens is 488 g/mol. The average Bonchev–Trinajstić information content (AvgIpc) is 3.53. The van der Waals surface area contributed by atoms with Crippen LogP contribution >= 0.6 is 0 Å². The van der Waals surface area contributed by atoms with E-state index < -0.39 is 0 Å². The fraction of sp³-hybridized carbons (Fsp3) is 0.500. The van der Waals surface area contributed by atoms with Crippen molar-refractivity contribution in [2.75, 3.05) is 0 Å². The van der Waals surface area contributed by atoms with Crippen LogP contribution in [0.5, 0.6) is 0 Å². The van der Waals surface area contributed by atoms with Gasteiger partial charge >= 0.3 is 0 Å². The highest BCUT2D eigenvalue weighted by molar-refractivity contribution is 5.67. The molecule has 4 heteroatoms. The van der Waals surface area contributed by atoms with E-state index in [1.807, 2.05) is 0 Å². The molecule has 0 bridgehead atoms. The summed E-state index contributed by atoms with van der Waals surface area (Å²) in [7, 11) is 0. The van der Waals surface area contributed by atoms with Crippen LogP contribution in [-0.4, -0.2) is 19.6 Å². The molecule has 0 fully saturated rings. The van der Waals surface area contributed by atoms with Crippen LogP contribution in [0.4, 0.5) is 0 Å². The van der Waals surface area contributed by atoms with Crippen molar-refractivity contribution in [1.29, 1.82) is 0 Å². The molecule has 0 saturated heterocycles. The molecule has 0 saturated carbocycles. The lowest BCUT2D eigenvalue weighted by Crippen LogP contribution is -2.24. The van der Waals surface area contributed by atoms with Crippen LogP contribution in [0.1, 0.15) is 113 Å². The van der Waals surface area contributed by atoms with E-state index in [1.54, 1.807) is 0 Å². The molecule has 4 aromatic rings. The molecule has 210 valence electrons. The van der Waals surface area contributed by atoms with Gasteiger partial charge in [-0.2, -0.15) is 10.2 Å². The summed E-state index contributed by atoms with van der Waals surface area (Å²) in [5.41, 5.74) is 10.8. The fourth-order valence-corrected chi connectivity index (χ4v) is 7.60. The molecule has 40 heavy (non-hydrogen) atoms. The largest absolute Gasteiger partial charge is 0.267 e. The summed E-state index contributed by atoms with van der Waals surface area (Å²) < 4.78 is 4.76. The molecule has 2 aliphatic rings. The number of fused-ring (bicyclic) bond motifs is 2. The fourth-order valence-electron chi connectivity index (χ4n) is 7.60. The number of aryl methyl sites for hydroxylation is 2. The first-order chi connectivity index (χ1) is 19.3. The Hall–Kier alpha value is -3.14. The molecule has 6 rings (SSSR count). The first-order valence-electron chi connectivity index (χ1n) is 15.7.